The lowest BCUT2D eigenvalue weighted by molar-refractivity contribution is 0.0465. The molecule has 1 N–H and O–H groups in total. The third-order valence-electron chi connectivity index (χ3n) is 5.07. The average Bonchev–Trinajstić information content (AvgIpc) is 3.09. The van der Waals surface area contributed by atoms with Gasteiger partial charge in [0, 0.05) is 24.1 Å². The van der Waals surface area contributed by atoms with E-state index in [1.807, 2.05) is 36.4 Å². The minimum atomic E-state index is -0.467. The molecule has 6 heteroatoms. The van der Waals surface area contributed by atoms with Crippen LogP contribution in [0.1, 0.15) is 56.1 Å². The predicted molar refractivity (Wildman–Crippen MR) is 113 cm³/mol. The number of ketones is 1. The van der Waals surface area contributed by atoms with Crippen molar-refractivity contribution < 1.29 is 14.3 Å². The topological polar surface area (TPSA) is 59.2 Å². The number of halogens is 2. The van der Waals surface area contributed by atoms with Gasteiger partial charge in [0.15, 0.2) is 5.78 Å². The Kier molecular flexibility index (Phi) is 5.74. The van der Waals surface area contributed by atoms with Gasteiger partial charge in [-0.15, -0.1) is 0 Å². The zero-order valence-corrected chi connectivity index (χ0v) is 17.1. The average molecular weight is 428 g/mol. The van der Waals surface area contributed by atoms with Gasteiger partial charge in [-0.05, 0) is 41.7 Å². The Morgan fingerprint density at radius 2 is 1.79 bits per heavy atom. The smallest absolute Gasteiger partial charge is 0.355 e. The van der Waals surface area contributed by atoms with E-state index in [1.165, 1.54) is 0 Å². The third-order valence-corrected chi connectivity index (χ3v) is 5.81. The summed E-state index contributed by atoms with van der Waals surface area (Å²) in [6.07, 6.45) is 2.39. The Bertz CT molecular complexity index is 1070. The maximum Gasteiger partial charge on any atom is 0.355 e. The highest BCUT2D eigenvalue weighted by atomic mass is 35.5. The number of aromatic amines is 1. The van der Waals surface area contributed by atoms with E-state index in [-0.39, 0.29) is 12.4 Å². The fraction of sp³-hybridized carbons (Fsp3) is 0.217. The number of hydrogen-bond acceptors (Lipinski definition) is 3. The zero-order chi connectivity index (χ0) is 20.4. The van der Waals surface area contributed by atoms with E-state index < -0.39 is 5.97 Å². The number of fused-ring (bicyclic) bond motifs is 1. The summed E-state index contributed by atoms with van der Waals surface area (Å²) in [5, 5.41) is 0.901. The van der Waals surface area contributed by atoms with Crippen LogP contribution in [0.4, 0.5) is 0 Å². The van der Waals surface area contributed by atoms with Gasteiger partial charge in [-0.3, -0.25) is 4.79 Å². The molecule has 4 nitrogen and oxygen atoms in total. The normalized spacial score (nSPS) is 13.2. The minimum Gasteiger partial charge on any atom is -0.456 e. The number of H-pyrrole nitrogens is 1. The minimum absolute atomic E-state index is 0.0552. The molecule has 0 atom stereocenters. The highest BCUT2D eigenvalue weighted by Crippen LogP contribution is 2.31. The van der Waals surface area contributed by atoms with Gasteiger partial charge in [0.2, 0.25) is 0 Å². The molecule has 0 fully saturated rings. The summed E-state index contributed by atoms with van der Waals surface area (Å²) >= 11 is 12.2. The van der Waals surface area contributed by atoms with E-state index in [2.05, 4.69) is 4.98 Å². The van der Waals surface area contributed by atoms with Crippen LogP contribution < -0.4 is 0 Å². The first-order valence-electron chi connectivity index (χ1n) is 9.45. The van der Waals surface area contributed by atoms with E-state index in [9.17, 15) is 9.59 Å². The second-order valence-corrected chi connectivity index (χ2v) is 7.91. The van der Waals surface area contributed by atoms with Crippen molar-refractivity contribution in [2.45, 2.75) is 32.3 Å². The monoisotopic (exact) mass is 427 g/mol. The van der Waals surface area contributed by atoms with Crippen LogP contribution in [0.5, 0.6) is 0 Å². The Balaban J connectivity index is 1.66. The van der Waals surface area contributed by atoms with Gasteiger partial charge < -0.3 is 9.72 Å². The van der Waals surface area contributed by atoms with Crippen LogP contribution in [-0.2, 0) is 24.2 Å². The van der Waals surface area contributed by atoms with Gasteiger partial charge in [0.25, 0.3) is 0 Å². The fourth-order valence-electron chi connectivity index (χ4n) is 3.67. The molecule has 1 aromatic heterocycles. The summed E-state index contributed by atoms with van der Waals surface area (Å²) in [7, 11) is 0. The molecule has 0 spiro atoms. The van der Waals surface area contributed by atoms with Crippen LogP contribution in [-0.4, -0.2) is 16.7 Å². The zero-order valence-electron chi connectivity index (χ0n) is 15.6. The van der Waals surface area contributed by atoms with E-state index >= 15 is 0 Å². The van der Waals surface area contributed by atoms with Gasteiger partial charge in [-0.1, -0.05) is 59.6 Å². The van der Waals surface area contributed by atoms with Crippen molar-refractivity contribution in [2.75, 3.05) is 0 Å². The molecule has 1 aliphatic carbocycles. The lowest BCUT2D eigenvalue weighted by Gasteiger charge is -2.12. The maximum atomic E-state index is 12.9. The van der Waals surface area contributed by atoms with Crippen LogP contribution in [0.15, 0.2) is 48.5 Å². The molecule has 1 heterocycles. The number of aromatic nitrogens is 1. The lowest BCUT2D eigenvalue weighted by atomic mass is 9.90. The van der Waals surface area contributed by atoms with Gasteiger partial charge in [-0.2, -0.15) is 0 Å². The largest absolute Gasteiger partial charge is 0.456 e. The first kappa shape index (κ1) is 19.7. The Hall–Kier alpha value is -2.56. The number of rotatable bonds is 5. The molecular formula is C23H19Cl2NO3. The number of ether oxygens (including phenoxy) is 1. The Labute approximate surface area is 178 Å². The molecule has 0 unspecified atom stereocenters. The molecule has 0 saturated heterocycles. The summed E-state index contributed by atoms with van der Waals surface area (Å²) in [6, 6.07) is 14.8. The summed E-state index contributed by atoms with van der Waals surface area (Å²) in [5.74, 6) is -0.411. The number of carbonyl (C=O) groups excluding carboxylic acids is 2. The molecule has 0 radical (unpaired) electrons. The van der Waals surface area contributed by atoms with Crippen molar-refractivity contribution in [3.63, 3.8) is 0 Å². The van der Waals surface area contributed by atoms with Crippen LogP contribution in [0.25, 0.3) is 0 Å². The number of aryl methyl sites for hydroxylation is 1. The summed E-state index contributed by atoms with van der Waals surface area (Å²) < 4.78 is 5.52. The van der Waals surface area contributed by atoms with Gasteiger partial charge >= 0.3 is 5.97 Å². The number of benzene rings is 2. The number of esters is 1. The molecular weight excluding hydrogens is 409 g/mol. The molecule has 0 amide bonds. The van der Waals surface area contributed by atoms with Crippen LogP contribution in [0.2, 0.25) is 10.0 Å². The van der Waals surface area contributed by atoms with Crippen LogP contribution in [0, 0.1) is 0 Å². The van der Waals surface area contributed by atoms with Crippen molar-refractivity contribution in [2.24, 2.45) is 0 Å². The molecule has 1 aliphatic rings. The summed E-state index contributed by atoms with van der Waals surface area (Å²) in [4.78, 5) is 28.6. The molecule has 3 aromatic rings. The molecule has 148 valence electrons. The van der Waals surface area contributed by atoms with Crippen LogP contribution >= 0.6 is 23.2 Å². The number of hydrogen-bond donors (Lipinski definition) is 1. The van der Waals surface area contributed by atoms with Crippen molar-refractivity contribution in [1.82, 2.24) is 4.98 Å². The maximum absolute atomic E-state index is 12.9. The standard InChI is InChI=1S/C23H19Cl2NO3/c24-17-10-9-15(12-18(17)25)11-16-21-19(7-4-8-20(21)27)26-22(16)23(28)29-13-14-5-2-1-3-6-14/h1-3,5-6,9-10,12,26H,4,7-8,11,13H2. The molecule has 0 aliphatic heterocycles. The van der Waals surface area contributed by atoms with E-state index in [1.54, 1.807) is 12.1 Å². The second-order valence-electron chi connectivity index (χ2n) is 7.10. The molecule has 2 aromatic carbocycles. The predicted octanol–water partition coefficient (Wildman–Crippen LogP) is 5.79. The van der Waals surface area contributed by atoms with Gasteiger partial charge in [0.05, 0.1) is 10.0 Å². The Morgan fingerprint density at radius 3 is 2.55 bits per heavy atom. The molecule has 0 bridgehead atoms. The lowest BCUT2D eigenvalue weighted by Crippen LogP contribution is -2.12. The third kappa shape index (κ3) is 4.24. The summed E-state index contributed by atoms with van der Waals surface area (Å²) in [6.45, 7) is 0.170. The number of nitrogens with one attached hydrogen (secondary N) is 1. The van der Waals surface area contributed by atoms with Gasteiger partial charge in [0.1, 0.15) is 12.3 Å². The van der Waals surface area contributed by atoms with E-state index in [0.717, 1.165) is 29.7 Å². The Morgan fingerprint density at radius 1 is 1.00 bits per heavy atom. The number of Topliss-reactive ketones (excluding diaryl/α,β-unsaturated/α-hetero) is 1. The van der Waals surface area contributed by atoms with Crippen LogP contribution in [0.3, 0.4) is 0 Å². The number of carbonyl (C=O) groups is 2. The van der Waals surface area contributed by atoms with E-state index in [0.29, 0.717) is 39.7 Å². The van der Waals surface area contributed by atoms with E-state index in [4.69, 9.17) is 27.9 Å². The fourth-order valence-corrected chi connectivity index (χ4v) is 3.99. The SMILES string of the molecule is O=C(OCc1ccccc1)c1[nH]c2c(c1Cc1ccc(Cl)c(Cl)c1)C(=O)CCC2. The highest BCUT2D eigenvalue weighted by Gasteiger charge is 2.29. The highest BCUT2D eigenvalue weighted by molar-refractivity contribution is 6.42. The van der Waals surface area contributed by atoms with Crippen molar-refractivity contribution in [1.29, 1.82) is 0 Å². The van der Waals surface area contributed by atoms with Crippen molar-refractivity contribution >= 4 is 35.0 Å². The quantitative estimate of drug-likeness (QED) is 0.524. The van der Waals surface area contributed by atoms with Crippen molar-refractivity contribution in [3.8, 4) is 0 Å². The summed E-state index contributed by atoms with van der Waals surface area (Å²) in [5.41, 5.74) is 4.21. The second kappa shape index (κ2) is 8.44. The molecule has 4 rings (SSSR count). The molecule has 0 saturated carbocycles. The first-order valence-corrected chi connectivity index (χ1v) is 10.2. The van der Waals surface area contributed by atoms with Crippen molar-refractivity contribution in [3.05, 3.63) is 92.2 Å². The first-order chi connectivity index (χ1) is 14.0. The van der Waals surface area contributed by atoms with Gasteiger partial charge in [-0.25, -0.2) is 4.79 Å². The molecule has 29 heavy (non-hydrogen) atoms.